The monoisotopic (exact) mass is 1460 g/mol. The van der Waals surface area contributed by atoms with Crippen molar-refractivity contribution in [3.8, 4) is 0 Å². The van der Waals surface area contributed by atoms with Crippen molar-refractivity contribution in [1.29, 1.82) is 0 Å². The first kappa shape index (κ1) is 133. The van der Waals surface area contributed by atoms with Crippen molar-refractivity contribution in [1.82, 2.24) is 65.3 Å². The highest BCUT2D eigenvalue weighted by atomic mass is 15.1. The summed E-state index contributed by atoms with van der Waals surface area (Å²) in [6.45, 7) is 74.4. The van der Waals surface area contributed by atoms with Gasteiger partial charge in [0.15, 0.2) is 0 Å². The van der Waals surface area contributed by atoms with Crippen LogP contribution in [0.15, 0.2) is 196 Å². The fourth-order valence-electron chi connectivity index (χ4n) is 6.10. The molecule has 0 radical (unpaired) electrons. The highest BCUT2D eigenvalue weighted by Crippen LogP contribution is 2.14. The van der Waals surface area contributed by atoms with E-state index in [9.17, 15) is 0 Å². The molecule has 9 heterocycles. The van der Waals surface area contributed by atoms with Crippen molar-refractivity contribution in [2.45, 2.75) is 347 Å². The normalized spacial score (nSPS) is 8.31. The summed E-state index contributed by atoms with van der Waals surface area (Å²) in [5, 5.41) is 15.1. The lowest BCUT2D eigenvalue weighted by molar-refractivity contribution is 0.774. The molecule has 9 aromatic heterocycles. The second-order valence-electron chi connectivity index (χ2n) is 21.3. The number of pyridine rings is 5. The predicted octanol–water partition coefficient (Wildman–Crippen LogP) is 30.5. The zero-order valence-electron chi connectivity index (χ0n) is 70.0. The van der Waals surface area contributed by atoms with Crippen molar-refractivity contribution < 1.29 is 0 Å². The zero-order chi connectivity index (χ0) is 78.2. The topological polar surface area (TPSA) is 168 Å². The van der Waals surface area contributed by atoms with Crippen LogP contribution in [0.25, 0.3) is 0 Å². The molecule has 13 nitrogen and oxygen atoms in total. The molecule has 0 aliphatic heterocycles. The lowest BCUT2D eigenvalue weighted by Crippen LogP contribution is -1.93. The fourth-order valence-corrected chi connectivity index (χ4v) is 6.10. The van der Waals surface area contributed by atoms with Crippen molar-refractivity contribution in [2.75, 3.05) is 0 Å². The molecular weight excluding hydrogens is 1290 g/mol. The molecule has 0 atom stereocenters. The zero-order valence-corrected chi connectivity index (χ0v) is 70.0. The average Bonchev–Trinajstić information content (AvgIpc) is 2.16. The van der Waals surface area contributed by atoms with E-state index in [0.29, 0.717) is 53.3 Å². The SMILES string of the molecule is C.C.C.C.C.C.CC.CC.CC.CC.CC.CC.CC.CC.CC.CC(C)c1ccccn1.CC(C)c1ccccn1.CC(C)c1ccccn1.CC(C)c1cccnc1.CC(C)c1cccnn1.CC(C)c1ccncc1.CC(C)c1ccnnc1.CC(C)c1cnccn1.CC(C)c1ncccn1. The molecule has 0 bridgehead atoms. The van der Waals surface area contributed by atoms with Crippen LogP contribution in [0.5, 0.6) is 0 Å². The van der Waals surface area contributed by atoms with Gasteiger partial charge in [-0.1, -0.05) is 318 Å². The summed E-state index contributed by atoms with van der Waals surface area (Å²) in [6, 6.07) is 33.8. The van der Waals surface area contributed by atoms with Crippen LogP contribution >= 0.6 is 0 Å². The van der Waals surface area contributed by atoms with E-state index >= 15 is 0 Å². The summed E-state index contributed by atoms with van der Waals surface area (Å²) in [7, 11) is 0. The van der Waals surface area contributed by atoms with Crippen LogP contribution in [0.4, 0.5) is 0 Å². The molecule has 9 aromatic rings. The third kappa shape index (κ3) is 84.9. The van der Waals surface area contributed by atoms with Crippen LogP contribution in [-0.2, 0) is 0 Å². The van der Waals surface area contributed by atoms with Crippen LogP contribution in [0.3, 0.4) is 0 Å². The molecule has 0 unspecified atom stereocenters. The maximum absolute atomic E-state index is 4.18. The van der Waals surface area contributed by atoms with Crippen molar-refractivity contribution in [3.63, 3.8) is 0 Å². The highest BCUT2D eigenvalue weighted by Gasteiger charge is 2.01. The summed E-state index contributed by atoms with van der Waals surface area (Å²) in [6.07, 6.45) is 26.8. The molecule has 0 spiro atoms. The second-order valence-corrected chi connectivity index (χ2v) is 21.3. The van der Waals surface area contributed by atoms with Gasteiger partial charge >= 0.3 is 0 Å². The minimum Gasteiger partial charge on any atom is -0.265 e. The average molecular weight is 1460 g/mol. The Morgan fingerprint density at radius 3 is 0.714 bits per heavy atom. The first-order chi connectivity index (χ1) is 47.7. The summed E-state index contributed by atoms with van der Waals surface area (Å²) >= 11 is 0. The molecular formula is C92H173N13. The van der Waals surface area contributed by atoms with Crippen LogP contribution in [0.2, 0.25) is 0 Å². The molecule has 0 aliphatic carbocycles. The number of rotatable bonds is 9. The summed E-state index contributed by atoms with van der Waals surface area (Å²) in [5.41, 5.74) is 9.50. The summed E-state index contributed by atoms with van der Waals surface area (Å²) < 4.78 is 0. The first-order valence-corrected chi connectivity index (χ1v) is 37.3. The minimum atomic E-state index is 0. The van der Waals surface area contributed by atoms with Crippen LogP contribution in [0.1, 0.15) is 398 Å². The Balaban J connectivity index is -0.0000000645. The molecule has 13 heteroatoms. The van der Waals surface area contributed by atoms with E-state index < -0.39 is 0 Å². The Morgan fingerprint density at radius 2 is 0.514 bits per heavy atom. The lowest BCUT2D eigenvalue weighted by atomic mass is 10.1. The third-order valence-electron chi connectivity index (χ3n) is 11.3. The van der Waals surface area contributed by atoms with Gasteiger partial charge in [0.25, 0.3) is 0 Å². The molecule has 0 fully saturated rings. The largest absolute Gasteiger partial charge is 0.265 e. The van der Waals surface area contributed by atoms with Crippen molar-refractivity contribution in [3.05, 3.63) is 247 Å². The maximum atomic E-state index is 4.18. The first-order valence-electron chi connectivity index (χ1n) is 37.3. The highest BCUT2D eigenvalue weighted by molar-refractivity contribution is 5.14. The van der Waals surface area contributed by atoms with Gasteiger partial charge in [-0.3, -0.25) is 34.9 Å². The van der Waals surface area contributed by atoms with Crippen LogP contribution < -0.4 is 0 Å². The van der Waals surface area contributed by atoms with Crippen LogP contribution in [0, 0.1) is 0 Å². The number of hydrogen-bond acceptors (Lipinski definition) is 13. The molecule has 0 saturated heterocycles. The molecule has 0 saturated carbocycles. The summed E-state index contributed by atoms with van der Waals surface area (Å²) in [5.74, 6) is 5.73. The maximum Gasteiger partial charge on any atom is 0.130 e. The smallest absolute Gasteiger partial charge is 0.130 e. The third-order valence-corrected chi connectivity index (χ3v) is 11.3. The Morgan fingerprint density at radius 1 is 0.190 bits per heavy atom. The second kappa shape index (κ2) is 105. The van der Waals surface area contributed by atoms with Gasteiger partial charge in [0.2, 0.25) is 0 Å². The van der Waals surface area contributed by atoms with E-state index in [0.717, 1.165) is 34.3 Å². The minimum absolute atomic E-state index is 0. The van der Waals surface area contributed by atoms with Crippen molar-refractivity contribution >= 4 is 0 Å². The molecule has 0 aromatic carbocycles. The predicted molar refractivity (Wildman–Crippen MR) is 479 cm³/mol. The van der Waals surface area contributed by atoms with E-state index in [1.54, 1.807) is 55.8 Å². The lowest BCUT2D eigenvalue weighted by Gasteiger charge is -2.01. The van der Waals surface area contributed by atoms with Crippen molar-refractivity contribution in [2.24, 2.45) is 0 Å². The Kier molecular flexibility index (Phi) is 133. The van der Waals surface area contributed by atoms with Gasteiger partial charge in [0.1, 0.15) is 5.82 Å². The van der Waals surface area contributed by atoms with Gasteiger partial charge in [-0.05, 0) is 143 Å². The van der Waals surface area contributed by atoms with Gasteiger partial charge in [-0.2, -0.15) is 20.4 Å². The summed E-state index contributed by atoms with van der Waals surface area (Å²) in [4.78, 5) is 36.7. The number of aromatic nitrogens is 13. The quantitative estimate of drug-likeness (QED) is 0.134. The molecule has 0 amide bonds. The van der Waals surface area contributed by atoms with Gasteiger partial charge in [-0.15, -0.1) is 0 Å². The molecule has 0 N–H and O–H groups in total. The fraction of sp³-hybridized carbons (Fsp3) is 0.554. The van der Waals surface area contributed by atoms with Gasteiger partial charge in [0.05, 0.1) is 17.6 Å². The Bertz CT molecular complexity index is 2140. The number of nitrogens with zero attached hydrogens (tertiary/aromatic N) is 13. The molecule has 9 rings (SSSR count). The molecule has 105 heavy (non-hydrogen) atoms. The standard InChI is InChI=1S/5C8H11N.4C7H10N2.9C2H6.6CH4/c1-7(2)8-3-5-9-6-4-8;1-7(2)8-4-3-5-9-6-8;3*1-7(2)8-5-3-4-6-9-8;1-6(2)7-5-8-3-4-9-7;1-6(2)7-3-4-8-9-5-7;1-6(2)7-8-4-3-5-9-7;1-6(2)7-4-3-5-8-9-7;9*1-2;;;;;;/h5*3-7H,1-2H3;4*3-6H,1-2H3;9*1-2H3;6*1H4. The Hall–Kier alpha value is -7.93. The molecule has 606 valence electrons. The van der Waals surface area contributed by atoms with Crippen LogP contribution in [-0.4, -0.2) is 65.3 Å². The van der Waals surface area contributed by atoms with E-state index in [1.165, 1.54) is 16.7 Å². The van der Waals surface area contributed by atoms with Gasteiger partial charge in [0, 0.05) is 110 Å². The number of hydrogen-bond donors (Lipinski definition) is 0. The van der Waals surface area contributed by atoms with Gasteiger partial charge in [-0.25, -0.2) is 9.97 Å². The van der Waals surface area contributed by atoms with E-state index in [4.69, 9.17) is 0 Å². The molecule has 0 aliphatic rings. The van der Waals surface area contributed by atoms with E-state index in [2.05, 4.69) is 196 Å². The van der Waals surface area contributed by atoms with E-state index in [-0.39, 0.29) is 44.6 Å². The Labute approximate surface area is 655 Å². The van der Waals surface area contributed by atoms with Gasteiger partial charge < -0.3 is 0 Å². The van der Waals surface area contributed by atoms with E-state index in [1.807, 2.05) is 259 Å².